The fourth-order valence-electron chi connectivity index (χ4n) is 2.63. The Balaban J connectivity index is 2.12. The molecule has 0 radical (unpaired) electrons. The molecule has 2 aromatic rings. The lowest BCUT2D eigenvalue weighted by molar-refractivity contribution is -0.137. The Morgan fingerprint density at radius 3 is 2.43 bits per heavy atom. The van der Waals surface area contributed by atoms with E-state index in [2.05, 4.69) is 15.6 Å². The largest absolute Gasteiger partial charge is 0.493 e. The molecule has 2 rings (SSSR count). The normalized spacial score (nSPS) is 11.9. The fraction of sp³-hybridized carbons (Fsp3) is 0.350. The molecule has 0 heterocycles. The molecule has 0 saturated carbocycles. The molecule has 2 N–H and O–H groups in total. The molecular weight excluding hydrogens is 371 g/mol. The van der Waals surface area contributed by atoms with Gasteiger partial charge in [0, 0.05) is 18.7 Å². The van der Waals surface area contributed by atoms with Gasteiger partial charge in [-0.25, -0.2) is 4.99 Å². The Morgan fingerprint density at radius 1 is 1.04 bits per heavy atom. The lowest BCUT2D eigenvalue weighted by atomic mass is 10.1. The van der Waals surface area contributed by atoms with Gasteiger partial charge in [0.2, 0.25) is 0 Å². The molecule has 0 aliphatic heterocycles. The van der Waals surface area contributed by atoms with Gasteiger partial charge in [-0.3, -0.25) is 0 Å². The Morgan fingerprint density at radius 2 is 1.79 bits per heavy atom. The van der Waals surface area contributed by atoms with Crippen LogP contribution in [0.3, 0.4) is 0 Å². The molecule has 5 nitrogen and oxygen atoms in total. The summed E-state index contributed by atoms with van der Waals surface area (Å²) in [6.07, 6.45) is -4.37. The van der Waals surface area contributed by atoms with Crippen molar-refractivity contribution in [3.63, 3.8) is 0 Å². The van der Waals surface area contributed by atoms with E-state index in [4.69, 9.17) is 9.47 Å². The number of guanidine groups is 1. The summed E-state index contributed by atoms with van der Waals surface area (Å²) in [5.41, 5.74) is 0.664. The van der Waals surface area contributed by atoms with Crippen LogP contribution < -0.4 is 20.1 Å². The minimum Gasteiger partial charge on any atom is -0.493 e. The van der Waals surface area contributed by atoms with E-state index in [9.17, 15) is 13.2 Å². The van der Waals surface area contributed by atoms with Crippen LogP contribution in [-0.2, 0) is 19.3 Å². The quantitative estimate of drug-likeness (QED) is 0.550. The molecular formula is C20H24F3N3O2. The van der Waals surface area contributed by atoms with Crippen LogP contribution in [0.4, 0.5) is 13.2 Å². The third kappa shape index (κ3) is 5.80. The SMILES string of the molecule is CCNC(=NCc1cccc(C(F)(F)F)c1)NCc1cccc(OC)c1OC. The van der Waals surface area contributed by atoms with Gasteiger partial charge < -0.3 is 20.1 Å². The molecule has 0 amide bonds. The number of nitrogens with zero attached hydrogens (tertiary/aromatic N) is 1. The lowest BCUT2D eigenvalue weighted by Crippen LogP contribution is -2.36. The number of aliphatic imine (C=N–C) groups is 1. The molecule has 0 saturated heterocycles. The van der Waals surface area contributed by atoms with Crippen molar-refractivity contribution in [2.45, 2.75) is 26.2 Å². The second kappa shape index (κ2) is 9.87. The number of methoxy groups -OCH3 is 2. The molecule has 0 aliphatic rings. The third-order valence-corrected chi connectivity index (χ3v) is 3.95. The molecule has 0 aliphatic carbocycles. The number of ether oxygens (including phenoxy) is 2. The van der Waals surface area contributed by atoms with E-state index >= 15 is 0 Å². The lowest BCUT2D eigenvalue weighted by Gasteiger charge is -2.15. The van der Waals surface area contributed by atoms with E-state index in [0.29, 0.717) is 36.1 Å². The van der Waals surface area contributed by atoms with Crippen molar-refractivity contribution in [1.29, 1.82) is 0 Å². The van der Waals surface area contributed by atoms with Gasteiger partial charge in [-0.1, -0.05) is 24.3 Å². The highest BCUT2D eigenvalue weighted by Crippen LogP contribution is 2.31. The molecule has 28 heavy (non-hydrogen) atoms. The van der Waals surface area contributed by atoms with Crippen LogP contribution in [0.2, 0.25) is 0 Å². The maximum Gasteiger partial charge on any atom is 0.416 e. The van der Waals surface area contributed by atoms with Crippen LogP contribution in [0.5, 0.6) is 11.5 Å². The number of alkyl halides is 3. The van der Waals surface area contributed by atoms with Gasteiger partial charge in [0.1, 0.15) is 0 Å². The monoisotopic (exact) mass is 395 g/mol. The zero-order valence-electron chi connectivity index (χ0n) is 16.1. The zero-order chi connectivity index (χ0) is 20.6. The summed E-state index contributed by atoms with van der Waals surface area (Å²) in [7, 11) is 3.13. The maximum absolute atomic E-state index is 12.8. The highest BCUT2D eigenvalue weighted by Gasteiger charge is 2.30. The molecule has 0 fully saturated rings. The van der Waals surface area contributed by atoms with Crippen molar-refractivity contribution < 1.29 is 22.6 Å². The van der Waals surface area contributed by atoms with E-state index in [1.807, 2.05) is 19.1 Å². The van der Waals surface area contributed by atoms with Gasteiger partial charge in [0.15, 0.2) is 17.5 Å². The van der Waals surface area contributed by atoms with Crippen molar-refractivity contribution in [2.75, 3.05) is 20.8 Å². The second-order valence-electron chi connectivity index (χ2n) is 5.90. The predicted octanol–water partition coefficient (Wildman–Crippen LogP) is 3.98. The van der Waals surface area contributed by atoms with E-state index < -0.39 is 11.7 Å². The van der Waals surface area contributed by atoms with E-state index in [-0.39, 0.29) is 6.54 Å². The first-order valence-corrected chi connectivity index (χ1v) is 8.77. The van der Waals surface area contributed by atoms with Crippen molar-refractivity contribution in [1.82, 2.24) is 10.6 Å². The zero-order valence-corrected chi connectivity index (χ0v) is 16.1. The van der Waals surface area contributed by atoms with Crippen molar-refractivity contribution >= 4 is 5.96 Å². The summed E-state index contributed by atoms with van der Waals surface area (Å²) in [5.74, 6) is 1.73. The second-order valence-corrected chi connectivity index (χ2v) is 5.90. The van der Waals surface area contributed by atoms with E-state index in [1.165, 1.54) is 6.07 Å². The number of rotatable bonds is 7. The van der Waals surface area contributed by atoms with Gasteiger partial charge in [-0.2, -0.15) is 13.2 Å². The Bertz CT molecular complexity index is 808. The number of halogens is 3. The van der Waals surface area contributed by atoms with Crippen molar-refractivity contribution in [3.8, 4) is 11.5 Å². The molecule has 2 aromatic carbocycles. The van der Waals surface area contributed by atoms with Crippen LogP contribution in [0.1, 0.15) is 23.6 Å². The van der Waals surface area contributed by atoms with Crippen molar-refractivity contribution in [3.05, 3.63) is 59.2 Å². The Kier molecular flexibility index (Phi) is 7.54. The van der Waals surface area contributed by atoms with Crippen LogP contribution in [0.25, 0.3) is 0 Å². The molecule has 0 aromatic heterocycles. The summed E-state index contributed by atoms with van der Waals surface area (Å²) < 4.78 is 49.2. The van der Waals surface area contributed by atoms with Crippen molar-refractivity contribution in [2.24, 2.45) is 4.99 Å². The summed E-state index contributed by atoms with van der Waals surface area (Å²) in [5, 5.41) is 6.24. The van der Waals surface area contributed by atoms with Gasteiger partial charge in [0.25, 0.3) is 0 Å². The minimum atomic E-state index is -4.37. The number of para-hydroxylation sites is 1. The van der Waals surface area contributed by atoms with Crippen LogP contribution in [0, 0.1) is 0 Å². The minimum absolute atomic E-state index is 0.120. The van der Waals surface area contributed by atoms with E-state index in [1.54, 1.807) is 26.4 Å². The Hall–Kier alpha value is -2.90. The molecule has 0 atom stereocenters. The van der Waals surface area contributed by atoms with Gasteiger partial charge >= 0.3 is 6.18 Å². The van der Waals surface area contributed by atoms with Gasteiger partial charge in [-0.15, -0.1) is 0 Å². The Labute approximate surface area is 162 Å². The number of nitrogens with one attached hydrogen (secondary N) is 2. The molecule has 0 unspecified atom stereocenters. The summed E-state index contributed by atoms with van der Waals surface area (Å²) in [6.45, 7) is 3.06. The predicted molar refractivity (Wildman–Crippen MR) is 103 cm³/mol. The highest BCUT2D eigenvalue weighted by molar-refractivity contribution is 5.79. The summed E-state index contributed by atoms with van der Waals surface area (Å²) in [6, 6.07) is 10.7. The third-order valence-electron chi connectivity index (χ3n) is 3.95. The van der Waals surface area contributed by atoms with E-state index in [0.717, 1.165) is 17.7 Å². The first kappa shape index (κ1) is 21.4. The number of benzene rings is 2. The summed E-state index contributed by atoms with van der Waals surface area (Å²) >= 11 is 0. The molecule has 0 spiro atoms. The number of hydrogen-bond acceptors (Lipinski definition) is 3. The van der Waals surface area contributed by atoms with Crippen LogP contribution in [-0.4, -0.2) is 26.7 Å². The average Bonchev–Trinajstić information content (AvgIpc) is 2.69. The highest BCUT2D eigenvalue weighted by atomic mass is 19.4. The first-order valence-electron chi connectivity index (χ1n) is 8.77. The van der Waals surface area contributed by atoms with Crippen LogP contribution in [0.15, 0.2) is 47.5 Å². The van der Waals surface area contributed by atoms with Gasteiger partial charge in [0.05, 0.1) is 26.3 Å². The smallest absolute Gasteiger partial charge is 0.416 e. The summed E-state index contributed by atoms with van der Waals surface area (Å²) in [4.78, 5) is 4.38. The molecule has 8 heteroatoms. The average molecular weight is 395 g/mol. The van der Waals surface area contributed by atoms with Gasteiger partial charge in [-0.05, 0) is 30.7 Å². The topological polar surface area (TPSA) is 54.9 Å². The maximum atomic E-state index is 12.8. The molecule has 0 bridgehead atoms. The number of hydrogen-bond donors (Lipinski definition) is 2. The fourth-order valence-corrected chi connectivity index (χ4v) is 2.63. The van der Waals surface area contributed by atoms with Crippen LogP contribution >= 0.6 is 0 Å². The first-order chi connectivity index (χ1) is 13.4. The standard InChI is InChI=1S/C20H24F3N3O2/c1-4-24-19(25-12-14-7-5-9-16(11-14)20(21,22)23)26-13-15-8-6-10-17(27-2)18(15)28-3/h5-11H,4,12-13H2,1-3H3,(H2,24,25,26). The molecule has 152 valence electrons.